The van der Waals surface area contributed by atoms with E-state index in [9.17, 15) is 9.59 Å². The summed E-state index contributed by atoms with van der Waals surface area (Å²) < 4.78 is 0. The molecule has 0 aliphatic rings. The number of carbonyl (C=O) groups excluding carboxylic acids is 2. The SMILES string of the molecule is CC(C)C(=O)Nc1ccccc1C(=O)N[C@H](C)c1ccccc1. The molecule has 0 saturated heterocycles. The lowest BCUT2D eigenvalue weighted by Gasteiger charge is -2.17. The van der Waals surface area contributed by atoms with Gasteiger partial charge in [0, 0.05) is 5.92 Å². The number of amides is 2. The first kappa shape index (κ1) is 16.7. The number of rotatable bonds is 5. The molecule has 0 saturated carbocycles. The second-order valence-electron chi connectivity index (χ2n) is 5.80. The van der Waals surface area contributed by atoms with E-state index >= 15 is 0 Å². The average molecular weight is 310 g/mol. The van der Waals surface area contributed by atoms with Gasteiger partial charge < -0.3 is 10.6 Å². The highest BCUT2D eigenvalue weighted by Crippen LogP contribution is 2.18. The molecule has 0 spiro atoms. The average Bonchev–Trinajstić information content (AvgIpc) is 2.55. The fourth-order valence-electron chi connectivity index (χ4n) is 2.17. The number of anilines is 1. The third-order valence-corrected chi connectivity index (χ3v) is 3.60. The standard InChI is InChI=1S/C19H22N2O2/c1-13(2)18(22)21-17-12-8-7-11-16(17)19(23)20-14(3)15-9-5-4-6-10-15/h4-14H,1-3H3,(H,20,23)(H,21,22)/t14-/m1/s1. The van der Waals surface area contributed by atoms with Crippen LogP contribution in [0.4, 0.5) is 5.69 Å². The summed E-state index contributed by atoms with van der Waals surface area (Å²) in [5.74, 6) is -0.461. The van der Waals surface area contributed by atoms with Gasteiger partial charge in [-0.25, -0.2) is 0 Å². The third kappa shape index (κ3) is 4.42. The van der Waals surface area contributed by atoms with Crippen molar-refractivity contribution in [3.05, 3.63) is 65.7 Å². The maximum Gasteiger partial charge on any atom is 0.253 e. The van der Waals surface area contributed by atoms with E-state index in [0.29, 0.717) is 11.3 Å². The number of para-hydroxylation sites is 1. The molecule has 2 rings (SSSR count). The van der Waals surface area contributed by atoms with Gasteiger partial charge in [0.05, 0.1) is 17.3 Å². The summed E-state index contributed by atoms with van der Waals surface area (Å²) >= 11 is 0. The summed E-state index contributed by atoms with van der Waals surface area (Å²) in [6.45, 7) is 5.56. The Balaban J connectivity index is 2.15. The lowest BCUT2D eigenvalue weighted by atomic mass is 10.1. The molecule has 0 aliphatic carbocycles. The second kappa shape index (κ2) is 7.58. The van der Waals surface area contributed by atoms with Crippen LogP contribution in [0.25, 0.3) is 0 Å². The van der Waals surface area contributed by atoms with Gasteiger partial charge in [0.15, 0.2) is 0 Å². The lowest BCUT2D eigenvalue weighted by Crippen LogP contribution is -2.28. The normalized spacial score (nSPS) is 11.8. The summed E-state index contributed by atoms with van der Waals surface area (Å²) in [5.41, 5.74) is 2.03. The molecule has 2 aromatic carbocycles. The molecule has 1 atom stereocenters. The van der Waals surface area contributed by atoms with Gasteiger partial charge in [-0.2, -0.15) is 0 Å². The fraction of sp³-hybridized carbons (Fsp3) is 0.263. The van der Waals surface area contributed by atoms with Crippen molar-refractivity contribution in [3.8, 4) is 0 Å². The van der Waals surface area contributed by atoms with Gasteiger partial charge in [-0.15, -0.1) is 0 Å². The van der Waals surface area contributed by atoms with Crippen molar-refractivity contribution < 1.29 is 9.59 Å². The first-order valence-electron chi connectivity index (χ1n) is 7.74. The minimum atomic E-state index is -0.207. The Bertz CT molecular complexity index is 681. The lowest BCUT2D eigenvalue weighted by molar-refractivity contribution is -0.118. The highest BCUT2D eigenvalue weighted by Gasteiger charge is 2.16. The number of benzene rings is 2. The summed E-state index contributed by atoms with van der Waals surface area (Å²) in [6.07, 6.45) is 0. The Hall–Kier alpha value is -2.62. The van der Waals surface area contributed by atoms with Crippen LogP contribution < -0.4 is 10.6 Å². The summed E-state index contributed by atoms with van der Waals surface area (Å²) in [7, 11) is 0. The molecule has 2 amide bonds. The molecule has 2 aromatic rings. The smallest absolute Gasteiger partial charge is 0.253 e. The van der Waals surface area contributed by atoms with Crippen molar-refractivity contribution >= 4 is 17.5 Å². The van der Waals surface area contributed by atoms with Crippen molar-refractivity contribution in [1.82, 2.24) is 5.32 Å². The molecule has 2 N–H and O–H groups in total. The molecule has 0 aliphatic heterocycles. The van der Waals surface area contributed by atoms with E-state index in [-0.39, 0.29) is 23.8 Å². The topological polar surface area (TPSA) is 58.2 Å². The van der Waals surface area contributed by atoms with Crippen molar-refractivity contribution in [3.63, 3.8) is 0 Å². The largest absolute Gasteiger partial charge is 0.345 e. The molecule has 4 heteroatoms. The highest BCUT2D eigenvalue weighted by atomic mass is 16.2. The van der Waals surface area contributed by atoms with Crippen LogP contribution in [0.1, 0.15) is 42.7 Å². The van der Waals surface area contributed by atoms with Crippen molar-refractivity contribution in [2.75, 3.05) is 5.32 Å². The molecule has 120 valence electrons. The van der Waals surface area contributed by atoms with Gasteiger partial charge in [-0.05, 0) is 24.6 Å². The van der Waals surface area contributed by atoms with Crippen LogP contribution in [0.15, 0.2) is 54.6 Å². The maximum atomic E-state index is 12.5. The van der Waals surface area contributed by atoms with Crippen LogP contribution in [-0.4, -0.2) is 11.8 Å². The molecular weight excluding hydrogens is 288 g/mol. The molecule has 0 radical (unpaired) electrons. The molecular formula is C19H22N2O2. The van der Waals surface area contributed by atoms with Crippen LogP contribution in [0.2, 0.25) is 0 Å². The van der Waals surface area contributed by atoms with E-state index in [4.69, 9.17) is 0 Å². The Morgan fingerprint density at radius 3 is 2.13 bits per heavy atom. The Morgan fingerprint density at radius 2 is 1.48 bits per heavy atom. The first-order chi connectivity index (χ1) is 11.0. The second-order valence-corrected chi connectivity index (χ2v) is 5.80. The van der Waals surface area contributed by atoms with Gasteiger partial charge in [0.2, 0.25) is 5.91 Å². The Kier molecular flexibility index (Phi) is 5.52. The predicted octanol–water partition coefficient (Wildman–Crippen LogP) is 3.77. The van der Waals surface area contributed by atoms with Crippen LogP contribution in [0, 0.1) is 5.92 Å². The van der Waals surface area contributed by atoms with Gasteiger partial charge in [0.1, 0.15) is 0 Å². The van der Waals surface area contributed by atoms with Crippen molar-refractivity contribution in [2.45, 2.75) is 26.8 Å². The van der Waals surface area contributed by atoms with E-state index in [2.05, 4.69) is 10.6 Å². The van der Waals surface area contributed by atoms with Gasteiger partial charge in [0.25, 0.3) is 5.91 Å². The van der Waals surface area contributed by atoms with Gasteiger partial charge in [-0.3, -0.25) is 9.59 Å². The van der Waals surface area contributed by atoms with E-state index in [1.165, 1.54) is 0 Å². The zero-order chi connectivity index (χ0) is 16.8. The third-order valence-electron chi connectivity index (χ3n) is 3.60. The minimum absolute atomic E-state index is 0.110. The van der Waals surface area contributed by atoms with Gasteiger partial charge >= 0.3 is 0 Å². The molecule has 0 bridgehead atoms. The monoisotopic (exact) mass is 310 g/mol. The highest BCUT2D eigenvalue weighted by molar-refractivity contribution is 6.04. The quantitative estimate of drug-likeness (QED) is 0.883. The van der Waals surface area contributed by atoms with Crippen LogP contribution in [0.5, 0.6) is 0 Å². The number of hydrogen-bond acceptors (Lipinski definition) is 2. The molecule has 0 aromatic heterocycles. The Labute approximate surface area is 136 Å². The molecule has 23 heavy (non-hydrogen) atoms. The van der Waals surface area contributed by atoms with E-state index in [1.54, 1.807) is 24.3 Å². The van der Waals surface area contributed by atoms with Crippen molar-refractivity contribution in [1.29, 1.82) is 0 Å². The van der Waals surface area contributed by atoms with E-state index < -0.39 is 0 Å². The molecule has 4 nitrogen and oxygen atoms in total. The number of nitrogens with one attached hydrogen (secondary N) is 2. The van der Waals surface area contributed by atoms with Crippen LogP contribution in [0.3, 0.4) is 0 Å². The van der Waals surface area contributed by atoms with Crippen molar-refractivity contribution in [2.24, 2.45) is 5.92 Å². The molecule has 0 heterocycles. The van der Waals surface area contributed by atoms with Crippen LogP contribution in [-0.2, 0) is 4.79 Å². The predicted molar refractivity (Wildman–Crippen MR) is 92.2 cm³/mol. The van der Waals surface area contributed by atoms with Gasteiger partial charge in [-0.1, -0.05) is 56.3 Å². The molecule has 0 fully saturated rings. The van der Waals surface area contributed by atoms with E-state index in [0.717, 1.165) is 5.56 Å². The zero-order valence-electron chi connectivity index (χ0n) is 13.7. The minimum Gasteiger partial charge on any atom is -0.345 e. The maximum absolute atomic E-state index is 12.5. The zero-order valence-corrected chi connectivity index (χ0v) is 13.7. The summed E-state index contributed by atoms with van der Waals surface area (Å²) in [4.78, 5) is 24.4. The summed E-state index contributed by atoms with van der Waals surface area (Å²) in [5, 5.41) is 5.77. The molecule has 0 unspecified atom stereocenters. The van der Waals surface area contributed by atoms with E-state index in [1.807, 2.05) is 51.1 Å². The Morgan fingerprint density at radius 1 is 0.870 bits per heavy atom. The van der Waals surface area contributed by atoms with Crippen LogP contribution >= 0.6 is 0 Å². The number of hydrogen-bond donors (Lipinski definition) is 2. The first-order valence-corrected chi connectivity index (χ1v) is 7.74. The summed E-state index contributed by atoms with van der Waals surface area (Å²) in [6, 6.07) is 16.7. The number of carbonyl (C=O) groups is 2. The fourth-order valence-corrected chi connectivity index (χ4v) is 2.17.